The molecule has 1 aliphatic carbocycles. The van der Waals surface area contributed by atoms with Crippen LogP contribution in [0.2, 0.25) is 0 Å². The van der Waals surface area contributed by atoms with Gasteiger partial charge in [-0.2, -0.15) is 0 Å². The quantitative estimate of drug-likeness (QED) is 0.590. The van der Waals surface area contributed by atoms with Gasteiger partial charge in [-0.15, -0.1) is 0 Å². The highest BCUT2D eigenvalue weighted by atomic mass is 16.5. The van der Waals surface area contributed by atoms with Crippen molar-refractivity contribution in [1.82, 2.24) is 10.3 Å². The van der Waals surface area contributed by atoms with Crippen LogP contribution in [0.3, 0.4) is 0 Å². The second kappa shape index (κ2) is 5.59. The van der Waals surface area contributed by atoms with Crippen molar-refractivity contribution in [3.05, 3.63) is 11.8 Å². The zero-order valence-corrected chi connectivity index (χ0v) is 11.9. The largest absolute Gasteiger partial charge is 0.496 e. The molecular formula is C14H27N3O. The highest BCUT2D eigenvalue weighted by Gasteiger charge is 2.45. The maximum Gasteiger partial charge on any atom is 0.112 e. The number of likely N-dealkylation sites (N-methyl/N-ethyl adjacent to an activating group) is 1. The van der Waals surface area contributed by atoms with Gasteiger partial charge in [-0.05, 0) is 51.8 Å². The van der Waals surface area contributed by atoms with Crippen LogP contribution in [-0.2, 0) is 4.74 Å². The lowest BCUT2D eigenvalue weighted by atomic mass is 9.71. The maximum atomic E-state index is 5.84. The van der Waals surface area contributed by atoms with Crippen molar-refractivity contribution in [1.29, 1.82) is 0 Å². The zero-order valence-electron chi connectivity index (χ0n) is 11.9. The molecule has 0 bridgehead atoms. The second-order valence-corrected chi connectivity index (χ2v) is 6.02. The van der Waals surface area contributed by atoms with Gasteiger partial charge in [-0.1, -0.05) is 6.92 Å². The first-order valence-electron chi connectivity index (χ1n) is 7.06. The van der Waals surface area contributed by atoms with Crippen LogP contribution in [0.5, 0.6) is 0 Å². The fraction of sp³-hybridized carbons (Fsp3) is 0.857. The lowest BCUT2D eigenvalue weighted by Gasteiger charge is -2.49. The number of nitrogens with zero attached hydrogens (tertiary/aromatic N) is 1. The molecule has 2 aliphatic rings. The Bertz CT molecular complexity index is 306. The number of rotatable bonds is 4. The van der Waals surface area contributed by atoms with Crippen molar-refractivity contribution in [2.45, 2.75) is 50.6 Å². The molecule has 2 rings (SSSR count). The van der Waals surface area contributed by atoms with E-state index in [0.29, 0.717) is 0 Å². The van der Waals surface area contributed by atoms with Gasteiger partial charge in [-0.3, -0.25) is 5.84 Å². The molecule has 0 aromatic carbocycles. The number of ether oxygens (including phenoxy) is 1. The Morgan fingerprint density at radius 1 is 1.44 bits per heavy atom. The summed E-state index contributed by atoms with van der Waals surface area (Å²) >= 11 is 0. The predicted molar refractivity (Wildman–Crippen MR) is 73.8 cm³/mol. The monoisotopic (exact) mass is 253 g/mol. The van der Waals surface area contributed by atoms with E-state index in [0.717, 1.165) is 24.7 Å². The molecule has 0 spiro atoms. The van der Waals surface area contributed by atoms with Crippen molar-refractivity contribution in [3.63, 3.8) is 0 Å². The van der Waals surface area contributed by atoms with Gasteiger partial charge < -0.3 is 9.64 Å². The minimum absolute atomic E-state index is 0.0947. The topological polar surface area (TPSA) is 50.5 Å². The summed E-state index contributed by atoms with van der Waals surface area (Å²) in [5.41, 5.74) is 3.11. The Hall–Kier alpha value is -0.580. The summed E-state index contributed by atoms with van der Waals surface area (Å²) in [6.07, 6.45) is 8.09. The summed E-state index contributed by atoms with van der Waals surface area (Å²) in [6, 6.07) is 0.113. The highest BCUT2D eigenvalue weighted by Crippen LogP contribution is 2.40. The van der Waals surface area contributed by atoms with Gasteiger partial charge in [0.05, 0.1) is 12.6 Å². The van der Waals surface area contributed by atoms with Crippen LogP contribution in [0.25, 0.3) is 0 Å². The van der Waals surface area contributed by atoms with Crippen molar-refractivity contribution >= 4 is 0 Å². The average Bonchev–Trinajstić information content (AvgIpc) is 2.86. The molecule has 3 N–H and O–H groups in total. The fourth-order valence-electron chi connectivity index (χ4n) is 3.40. The third kappa shape index (κ3) is 2.42. The van der Waals surface area contributed by atoms with Crippen LogP contribution in [0.4, 0.5) is 0 Å². The molecule has 0 radical (unpaired) electrons. The predicted octanol–water partition coefficient (Wildman–Crippen LogP) is 1.63. The van der Waals surface area contributed by atoms with Crippen LogP contribution >= 0.6 is 0 Å². The van der Waals surface area contributed by atoms with Crippen LogP contribution in [-0.4, -0.2) is 37.2 Å². The Kier molecular flexibility index (Phi) is 4.30. The molecule has 0 amide bonds. The molecule has 4 nitrogen and oxygen atoms in total. The molecule has 1 aliphatic heterocycles. The van der Waals surface area contributed by atoms with Gasteiger partial charge in [-0.25, -0.2) is 5.43 Å². The molecule has 1 saturated carbocycles. The third-order valence-corrected chi connectivity index (χ3v) is 4.75. The SMILES string of the molecule is CC1CCC(C(NN)C2=CCCO2)(N(C)C)CC1. The number of nitrogens with one attached hydrogen (secondary N) is 1. The number of hydrogen-bond donors (Lipinski definition) is 2. The summed E-state index contributed by atoms with van der Waals surface area (Å²) < 4.78 is 5.75. The van der Waals surface area contributed by atoms with Crippen molar-refractivity contribution in [2.75, 3.05) is 20.7 Å². The van der Waals surface area contributed by atoms with Gasteiger partial charge in [0.2, 0.25) is 0 Å². The Labute approximate surface area is 111 Å². The molecule has 0 aromatic heterocycles. The van der Waals surface area contributed by atoms with E-state index in [4.69, 9.17) is 10.6 Å². The number of hydrazine groups is 1. The minimum atomic E-state index is 0.0947. The van der Waals surface area contributed by atoms with Crippen LogP contribution in [0.1, 0.15) is 39.0 Å². The lowest BCUT2D eigenvalue weighted by molar-refractivity contribution is 0.0348. The normalized spacial score (nSPS) is 34.3. The standard InChI is InChI=1S/C14H27N3O/c1-11-6-8-14(9-7-11,17(2)3)13(16-15)12-5-4-10-18-12/h5,11,13,16H,4,6-10,15H2,1-3H3. The summed E-state index contributed by atoms with van der Waals surface area (Å²) in [6.45, 7) is 3.14. The van der Waals surface area contributed by atoms with E-state index in [9.17, 15) is 0 Å². The van der Waals surface area contributed by atoms with Crippen molar-refractivity contribution < 1.29 is 4.74 Å². The van der Waals surface area contributed by atoms with Gasteiger partial charge in [0.15, 0.2) is 0 Å². The average molecular weight is 253 g/mol. The Balaban J connectivity index is 2.22. The summed E-state index contributed by atoms with van der Waals surface area (Å²) in [5, 5.41) is 0. The van der Waals surface area contributed by atoms with Crippen LogP contribution < -0.4 is 11.3 Å². The van der Waals surface area contributed by atoms with Crippen molar-refractivity contribution in [3.8, 4) is 0 Å². The first kappa shape index (κ1) is 13.8. The minimum Gasteiger partial charge on any atom is -0.496 e. The first-order valence-corrected chi connectivity index (χ1v) is 7.06. The molecule has 0 aromatic rings. The van der Waals surface area contributed by atoms with Crippen LogP contribution in [0.15, 0.2) is 11.8 Å². The van der Waals surface area contributed by atoms with E-state index < -0.39 is 0 Å². The molecule has 104 valence electrons. The van der Waals surface area contributed by atoms with Gasteiger partial charge in [0.25, 0.3) is 0 Å². The van der Waals surface area contributed by atoms with E-state index in [1.54, 1.807) is 0 Å². The fourth-order valence-corrected chi connectivity index (χ4v) is 3.40. The maximum absolute atomic E-state index is 5.84. The first-order chi connectivity index (χ1) is 8.60. The van der Waals surface area contributed by atoms with Gasteiger partial charge in [0.1, 0.15) is 5.76 Å². The second-order valence-electron chi connectivity index (χ2n) is 6.02. The lowest BCUT2D eigenvalue weighted by Crippen LogP contribution is -2.62. The van der Waals surface area contributed by atoms with Gasteiger partial charge in [0, 0.05) is 12.0 Å². The molecule has 4 heteroatoms. The molecular weight excluding hydrogens is 226 g/mol. The Morgan fingerprint density at radius 3 is 2.56 bits per heavy atom. The van der Waals surface area contributed by atoms with E-state index >= 15 is 0 Å². The van der Waals surface area contributed by atoms with Gasteiger partial charge >= 0.3 is 0 Å². The number of hydrogen-bond acceptors (Lipinski definition) is 4. The molecule has 1 heterocycles. The highest BCUT2D eigenvalue weighted by molar-refractivity contribution is 5.17. The summed E-state index contributed by atoms with van der Waals surface area (Å²) in [5.74, 6) is 7.71. The summed E-state index contributed by atoms with van der Waals surface area (Å²) in [4.78, 5) is 2.34. The molecule has 1 unspecified atom stereocenters. The number of nitrogens with two attached hydrogens (primary N) is 1. The molecule has 1 fully saturated rings. The smallest absolute Gasteiger partial charge is 0.112 e. The molecule has 0 saturated heterocycles. The van der Waals surface area contributed by atoms with Crippen molar-refractivity contribution in [2.24, 2.45) is 11.8 Å². The van der Waals surface area contributed by atoms with E-state index in [2.05, 4.69) is 37.4 Å². The van der Waals surface area contributed by atoms with E-state index in [1.807, 2.05) is 0 Å². The van der Waals surface area contributed by atoms with E-state index in [1.165, 1.54) is 25.7 Å². The van der Waals surface area contributed by atoms with Crippen LogP contribution in [0, 0.1) is 5.92 Å². The van der Waals surface area contributed by atoms with E-state index in [-0.39, 0.29) is 11.6 Å². The Morgan fingerprint density at radius 2 is 2.11 bits per heavy atom. The zero-order chi connectivity index (χ0) is 13.2. The summed E-state index contributed by atoms with van der Waals surface area (Å²) in [7, 11) is 4.33. The molecule has 1 atom stereocenters. The third-order valence-electron chi connectivity index (χ3n) is 4.75. The molecule has 18 heavy (non-hydrogen) atoms.